The summed E-state index contributed by atoms with van der Waals surface area (Å²) < 4.78 is 17.1. The molecule has 0 aliphatic carbocycles. The van der Waals surface area contributed by atoms with Gasteiger partial charge in [0.2, 0.25) is 0 Å². The number of nitrogens with one attached hydrogen (secondary N) is 1. The Balaban J connectivity index is 1.34. The van der Waals surface area contributed by atoms with Gasteiger partial charge in [0.15, 0.2) is 17.1 Å². The first-order valence-electron chi connectivity index (χ1n) is 10.1. The van der Waals surface area contributed by atoms with Crippen molar-refractivity contribution in [3.8, 4) is 11.5 Å². The standard InChI is InChI=1S/C24H19ClN2O4S/c25-17-12-21-22(30-11-5-10-29-21)13-19(17)26-23(28)16-7-2-1-6-15(16)14-32-24-27-18-8-3-4-9-20(18)31-24/h1-4,6-9,12-13H,5,10-11,14H2,(H,26,28). The third kappa shape index (κ3) is 4.40. The number of ether oxygens (including phenoxy) is 2. The number of halogens is 1. The number of aromatic nitrogens is 1. The van der Waals surface area contributed by atoms with E-state index in [2.05, 4.69) is 10.3 Å². The van der Waals surface area contributed by atoms with E-state index >= 15 is 0 Å². The molecule has 1 amide bonds. The highest BCUT2D eigenvalue weighted by molar-refractivity contribution is 7.98. The van der Waals surface area contributed by atoms with Gasteiger partial charge in [0.25, 0.3) is 11.1 Å². The predicted molar refractivity (Wildman–Crippen MR) is 125 cm³/mol. The number of hydrogen-bond acceptors (Lipinski definition) is 6. The van der Waals surface area contributed by atoms with E-state index in [1.54, 1.807) is 18.2 Å². The minimum atomic E-state index is -0.254. The second kappa shape index (κ2) is 9.14. The van der Waals surface area contributed by atoms with E-state index in [0.717, 1.165) is 23.1 Å². The van der Waals surface area contributed by atoms with E-state index in [1.165, 1.54) is 11.8 Å². The van der Waals surface area contributed by atoms with Gasteiger partial charge in [-0.3, -0.25) is 4.79 Å². The second-order valence-electron chi connectivity index (χ2n) is 7.18. The summed E-state index contributed by atoms with van der Waals surface area (Å²) in [6.45, 7) is 1.12. The number of fused-ring (bicyclic) bond motifs is 2. The summed E-state index contributed by atoms with van der Waals surface area (Å²) in [5, 5.41) is 3.85. The Morgan fingerprint density at radius 1 is 1.03 bits per heavy atom. The lowest BCUT2D eigenvalue weighted by Gasteiger charge is -2.14. The summed E-state index contributed by atoms with van der Waals surface area (Å²) in [6.07, 6.45) is 0.791. The first-order valence-corrected chi connectivity index (χ1v) is 11.5. The summed E-state index contributed by atoms with van der Waals surface area (Å²) in [7, 11) is 0. The van der Waals surface area contributed by atoms with Crippen LogP contribution in [-0.2, 0) is 5.75 Å². The van der Waals surface area contributed by atoms with Crippen molar-refractivity contribution in [3.63, 3.8) is 0 Å². The zero-order valence-corrected chi connectivity index (χ0v) is 18.5. The zero-order valence-electron chi connectivity index (χ0n) is 17.0. The van der Waals surface area contributed by atoms with Gasteiger partial charge in [0, 0.05) is 29.9 Å². The predicted octanol–water partition coefficient (Wildman–Crippen LogP) is 6.19. The van der Waals surface area contributed by atoms with Crippen LogP contribution in [0.25, 0.3) is 11.1 Å². The Kier molecular flexibility index (Phi) is 5.92. The lowest BCUT2D eigenvalue weighted by Crippen LogP contribution is -2.14. The van der Waals surface area contributed by atoms with Crippen LogP contribution in [-0.4, -0.2) is 24.1 Å². The molecule has 6 nitrogen and oxygen atoms in total. The van der Waals surface area contributed by atoms with Gasteiger partial charge < -0.3 is 19.2 Å². The molecule has 0 saturated carbocycles. The number of oxazole rings is 1. The molecule has 1 aromatic heterocycles. The molecule has 0 radical (unpaired) electrons. The highest BCUT2D eigenvalue weighted by Gasteiger charge is 2.18. The maximum Gasteiger partial charge on any atom is 0.257 e. The smallest absolute Gasteiger partial charge is 0.257 e. The van der Waals surface area contributed by atoms with Crippen LogP contribution in [0, 0.1) is 0 Å². The molecule has 0 fully saturated rings. The minimum Gasteiger partial charge on any atom is -0.490 e. The van der Waals surface area contributed by atoms with Crippen molar-refractivity contribution in [2.75, 3.05) is 18.5 Å². The van der Waals surface area contributed by atoms with Crippen LogP contribution in [0.4, 0.5) is 5.69 Å². The van der Waals surface area contributed by atoms with Crippen molar-refractivity contribution in [1.29, 1.82) is 0 Å². The van der Waals surface area contributed by atoms with Gasteiger partial charge in [-0.1, -0.05) is 53.7 Å². The molecule has 162 valence electrons. The first-order chi connectivity index (χ1) is 15.7. The van der Waals surface area contributed by atoms with Crippen LogP contribution < -0.4 is 14.8 Å². The van der Waals surface area contributed by atoms with Crippen molar-refractivity contribution in [3.05, 3.63) is 76.8 Å². The first kappa shape index (κ1) is 20.7. The maximum absolute atomic E-state index is 13.1. The van der Waals surface area contributed by atoms with Gasteiger partial charge in [-0.15, -0.1) is 0 Å². The lowest BCUT2D eigenvalue weighted by molar-refractivity contribution is 0.102. The number of carbonyl (C=O) groups is 1. The van der Waals surface area contributed by atoms with Crippen molar-refractivity contribution in [1.82, 2.24) is 4.98 Å². The molecule has 1 aliphatic rings. The van der Waals surface area contributed by atoms with Crippen LogP contribution >= 0.6 is 23.4 Å². The largest absolute Gasteiger partial charge is 0.490 e. The van der Waals surface area contributed by atoms with Crippen molar-refractivity contribution in [2.45, 2.75) is 17.4 Å². The number of para-hydroxylation sites is 2. The molecule has 0 bridgehead atoms. The Morgan fingerprint density at radius 3 is 2.62 bits per heavy atom. The average Bonchev–Trinajstić information content (AvgIpc) is 3.10. The van der Waals surface area contributed by atoms with E-state index in [4.69, 9.17) is 25.5 Å². The summed E-state index contributed by atoms with van der Waals surface area (Å²) in [5.74, 6) is 1.43. The number of carbonyl (C=O) groups excluding carboxylic acids is 1. The van der Waals surface area contributed by atoms with E-state index < -0.39 is 0 Å². The van der Waals surface area contributed by atoms with Crippen LogP contribution in [0.15, 0.2) is 70.3 Å². The van der Waals surface area contributed by atoms with Gasteiger partial charge >= 0.3 is 0 Å². The molecule has 0 atom stereocenters. The van der Waals surface area contributed by atoms with Gasteiger partial charge in [0.1, 0.15) is 5.52 Å². The van der Waals surface area contributed by atoms with E-state index in [9.17, 15) is 4.79 Å². The molecule has 2 heterocycles. The number of anilines is 1. The minimum absolute atomic E-state index is 0.254. The Morgan fingerprint density at radius 2 is 1.78 bits per heavy atom. The molecule has 0 unspecified atom stereocenters. The van der Waals surface area contributed by atoms with Gasteiger partial charge in [-0.05, 0) is 23.8 Å². The summed E-state index contributed by atoms with van der Waals surface area (Å²) in [5.41, 5.74) is 3.44. The van der Waals surface area contributed by atoms with Gasteiger partial charge in [-0.25, -0.2) is 4.98 Å². The number of benzene rings is 3. The van der Waals surface area contributed by atoms with Crippen molar-refractivity contribution < 1.29 is 18.7 Å². The maximum atomic E-state index is 13.1. The monoisotopic (exact) mass is 466 g/mol. The SMILES string of the molecule is O=C(Nc1cc2c(cc1Cl)OCCCO2)c1ccccc1CSc1nc2ccccc2o1. The topological polar surface area (TPSA) is 73.6 Å². The van der Waals surface area contributed by atoms with Crippen molar-refractivity contribution >= 4 is 46.1 Å². The zero-order chi connectivity index (χ0) is 21.9. The normalized spacial score (nSPS) is 13.0. The Hall–Kier alpha value is -3.16. The fraction of sp³-hybridized carbons (Fsp3) is 0.167. The van der Waals surface area contributed by atoms with Crippen LogP contribution in [0.3, 0.4) is 0 Å². The molecule has 8 heteroatoms. The Bertz CT molecular complexity index is 1260. The molecule has 1 aliphatic heterocycles. The summed E-state index contributed by atoms with van der Waals surface area (Å²) in [4.78, 5) is 17.6. The number of hydrogen-bond donors (Lipinski definition) is 1. The molecule has 4 aromatic rings. The fourth-order valence-corrected chi connectivity index (χ4v) is 4.43. The van der Waals surface area contributed by atoms with E-state index in [-0.39, 0.29) is 5.91 Å². The molecule has 1 N–H and O–H groups in total. The molecule has 5 rings (SSSR count). The molecular weight excluding hydrogens is 448 g/mol. The number of nitrogens with zero attached hydrogens (tertiary/aromatic N) is 1. The molecule has 0 spiro atoms. The molecule has 32 heavy (non-hydrogen) atoms. The quantitative estimate of drug-likeness (QED) is 0.354. The summed E-state index contributed by atoms with van der Waals surface area (Å²) >= 11 is 7.83. The average molecular weight is 467 g/mol. The Labute approximate surface area is 193 Å². The highest BCUT2D eigenvalue weighted by atomic mass is 35.5. The number of rotatable bonds is 5. The van der Waals surface area contributed by atoms with E-state index in [0.29, 0.717) is 52.0 Å². The third-order valence-corrected chi connectivity index (χ3v) is 6.16. The lowest BCUT2D eigenvalue weighted by atomic mass is 10.1. The van der Waals surface area contributed by atoms with Crippen molar-refractivity contribution in [2.24, 2.45) is 0 Å². The third-order valence-electron chi connectivity index (χ3n) is 4.97. The fourth-order valence-electron chi connectivity index (χ4n) is 3.39. The molecular formula is C24H19ClN2O4S. The molecule has 3 aromatic carbocycles. The number of thioether (sulfide) groups is 1. The summed E-state index contributed by atoms with van der Waals surface area (Å²) in [6, 6.07) is 18.4. The van der Waals surface area contributed by atoms with Crippen LogP contribution in [0.2, 0.25) is 5.02 Å². The number of amides is 1. The second-order valence-corrected chi connectivity index (χ2v) is 8.51. The van der Waals surface area contributed by atoms with E-state index in [1.807, 2.05) is 42.5 Å². The van der Waals surface area contributed by atoms with Gasteiger partial charge in [-0.2, -0.15) is 0 Å². The van der Waals surface area contributed by atoms with Crippen LogP contribution in [0.5, 0.6) is 11.5 Å². The van der Waals surface area contributed by atoms with Crippen LogP contribution in [0.1, 0.15) is 22.3 Å². The highest BCUT2D eigenvalue weighted by Crippen LogP contribution is 2.38. The molecule has 0 saturated heterocycles. The van der Waals surface area contributed by atoms with Gasteiger partial charge in [0.05, 0.1) is 23.9 Å².